The molecule has 0 aliphatic heterocycles. The van der Waals surface area contributed by atoms with Gasteiger partial charge in [-0.1, -0.05) is 18.2 Å². The maximum Gasteiger partial charge on any atom is 0.191 e. The van der Waals surface area contributed by atoms with E-state index in [-0.39, 0.29) is 0 Å². The molecule has 2 N–H and O–H groups in total. The highest BCUT2D eigenvalue weighted by Crippen LogP contribution is 2.17. The van der Waals surface area contributed by atoms with Crippen LogP contribution < -0.4 is 10.6 Å². The number of nitrogens with one attached hydrogen (secondary N) is 2. The van der Waals surface area contributed by atoms with Crippen molar-refractivity contribution in [3.63, 3.8) is 0 Å². The van der Waals surface area contributed by atoms with Crippen LogP contribution in [0, 0.1) is 13.8 Å². The zero-order valence-corrected chi connectivity index (χ0v) is 18.1. The van der Waals surface area contributed by atoms with Crippen LogP contribution in [-0.2, 0) is 13.5 Å². The van der Waals surface area contributed by atoms with E-state index in [0.29, 0.717) is 6.04 Å². The highest BCUT2D eigenvalue weighted by Gasteiger charge is 2.13. The van der Waals surface area contributed by atoms with Gasteiger partial charge in [-0.15, -0.1) is 11.8 Å². The second-order valence-electron chi connectivity index (χ2n) is 6.80. The predicted octanol–water partition coefficient (Wildman–Crippen LogP) is 3.71. The molecule has 0 saturated heterocycles. The van der Waals surface area contributed by atoms with Crippen LogP contribution >= 0.6 is 11.8 Å². The minimum atomic E-state index is 0.295. The van der Waals surface area contributed by atoms with Crippen LogP contribution in [0.4, 0.5) is 0 Å². The number of hydrogen-bond acceptors (Lipinski definition) is 3. The lowest BCUT2D eigenvalue weighted by atomic mass is 10.1. The largest absolute Gasteiger partial charge is 0.357 e. The summed E-state index contributed by atoms with van der Waals surface area (Å²) in [4.78, 5) is 6.06. The number of aliphatic imine (C=N–C) groups is 1. The number of hydrogen-bond donors (Lipinski definition) is 2. The molecular formula is C21H33N5S. The van der Waals surface area contributed by atoms with Gasteiger partial charge in [-0.3, -0.25) is 9.67 Å². The quantitative estimate of drug-likeness (QED) is 0.298. The Hall–Kier alpha value is -1.95. The zero-order chi connectivity index (χ0) is 19.6. The second kappa shape index (κ2) is 11.0. The molecule has 1 unspecified atom stereocenters. The molecule has 2 aromatic rings. The third-order valence-electron chi connectivity index (χ3n) is 4.48. The Labute approximate surface area is 168 Å². The van der Waals surface area contributed by atoms with Gasteiger partial charge >= 0.3 is 0 Å². The molecule has 148 valence electrons. The van der Waals surface area contributed by atoms with Crippen LogP contribution in [0.25, 0.3) is 0 Å². The van der Waals surface area contributed by atoms with Gasteiger partial charge in [-0.05, 0) is 64.0 Å². The Morgan fingerprint density at radius 2 is 2.00 bits per heavy atom. The highest BCUT2D eigenvalue weighted by atomic mass is 32.2. The molecule has 27 heavy (non-hydrogen) atoms. The molecule has 0 bridgehead atoms. The maximum atomic E-state index is 4.74. The van der Waals surface area contributed by atoms with E-state index in [1.807, 2.05) is 23.5 Å². The summed E-state index contributed by atoms with van der Waals surface area (Å²) in [6.07, 6.45) is 2.01. The Balaban J connectivity index is 1.81. The van der Waals surface area contributed by atoms with Gasteiger partial charge in [0, 0.05) is 36.8 Å². The topological polar surface area (TPSA) is 54.2 Å². The van der Waals surface area contributed by atoms with E-state index < -0.39 is 0 Å². The fraction of sp³-hybridized carbons (Fsp3) is 0.524. The van der Waals surface area contributed by atoms with E-state index >= 15 is 0 Å². The molecule has 1 aromatic carbocycles. The van der Waals surface area contributed by atoms with Gasteiger partial charge in [0.1, 0.15) is 0 Å². The lowest BCUT2D eigenvalue weighted by Gasteiger charge is -2.18. The highest BCUT2D eigenvalue weighted by molar-refractivity contribution is 7.99. The molecule has 1 heterocycles. The van der Waals surface area contributed by atoms with Crippen molar-refractivity contribution in [2.24, 2.45) is 12.0 Å². The first-order valence-electron chi connectivity index (χ1n) is 9.73. The Bertz CT molecular complexity index is 724. The van der Waals surface area contributed by atoms with E-state index in [0.717, 1.165) is 43.3 Å². The second-order valence-corrected chi connectivity index (χ2v) is 7.97. The number of aromatic nitrogens is 2. The van der Waals surface area contributed by atoms with Crippen LogP contribution in [0.3, 0.4) is 0 Å². The standard InChI is InChI=1S/C21H33N5S/c1-6-22-21(23-13-10-14-27-19-11-8-7-9-12-19)24-16(2)15-20-17(3)25-26(5)18(20)4/h7-9,11-12,16H,6,10,13-15H2,1-5H3,(H2,22,23,24). The smallest absolute Gasteiger partial charge is 0.191 e. The SMILES string of the molecule is CCNC(=NCCCSc1ccccc1)NC(C)Cc1c(C)nn(C)c1C. The van der Waals surface area contributed by atoms with Crippen LogP contribution in [0.2, 0.25) is 0 Å². The third-order valence-corrected chi connectivity index (χ3v) is 5.58. The minimum Gasteiger partial charge on any atom is -0.357 e. The monoisotopic (exact) mass is 387 g/mol. The van der Waals surface area contributed by atoms with Crippen LogP contribution in [0.1, 0.15) is 37.2 Å². The van der Waals surface area contributed by atoms with E-state index in [1.54, 1.807) is 0 Å². The van der Waals surface area contributed by atoms with Crippen molar-refractivity contribution >= 4 is 17.7 Å². The first-order valence-corrected chi connectivity index (χ1v) is 10.7. The third kappa shape index (κ3) is 6.94. The van der Waals surface area contributed by atoms with E-state index in [9.17, 15) is 0 Å². The van der Waals surface area contributed by atoms with Crippen molar-refractivity contribution in [1.82, 2.24) is 20.4 Å². The molecular weight excluding hydrogens is 354 g/mol. The summed E-state index contributed by atoms with van der Waals surface area (Å²) in [5, 5.41) is 11.4. The predicted molar refractivity (Wildman–Crippen MR) is 117 cm³/mol. The molecule has 0 amide bonds. The summed E-state index contributed by atoms with van der Waals surface area (Å²) in [6.45, 7) is 10.2. The average Bonchev–Trinajstić information content (AvgIpc) is 2.88. The van der Waals surface area contributed by atoms with Gasteiger partial charge in [0.2, 0.25) is 0 Å². The van der Waals surface area contributed by atoms with Crippen molar-refractivity contribution < 1.29 is 0 Å². The summed E-state index contributed by atoms with van der Waals surface area (Å²) < 4.78 is 1.96. The Morgan fingerprint density at radius 3 is 2.63 bits per heavy atom. The molecule has 1 aromatic heterocycles. The Morgan fingerprint density at radius 1 is 1.26 bits per heavy atom. The van der Waals surface area contributed by atoms with E-state index in [2.05, 4.69) is 73.8 Å². The average molecular weight is 388 g/mol. The number of rotatable bonds is 9. The lowest BCUT2D eigenvalue weighted by Crippen LogP contribution is -2.43. The normalized spacial score (nSPS) is 12.9. The number of aryl methyl sites for hydroxylation is 2. The first-order chi connectivity index (χ1) is 13.0. The number of guanidine groups is 1. The van der Waals surface area contributed by atoms with Crippen molar-refractivity contribution in [3.05, 3.63) is 47.3 Å². The van der Waals surface area contributed by atoms with Gasteiger partial charge < -0.3 is 10.6 Å². The molecule has 0 aliphatic carbocycles. The molecule has 5 nitrogen and oxygen atoms in total. The Kier molecular flexibility index (Phi) is 8.72. The fourth-order valence-corrected chi connectivity index (χ4v) is 3.84. The van der Waals surface area contributed by atoms with E-state index in [1.165, 1.54) is 16.2 Å². The summed E-state index contributed by atoms with van der Waals surface area (Å²) in [6, 6.07) is 10.8. The molecule has 6 heteroatoms. The lowest BCUT2D eigenvalue weighted by molar-refractivity contribution is 0.635. The molecule has 0 saturated carbocycles. The van der Waals surface area contributed by atoms with Crippen molar-refractivity contribution in [1.29, 1.82) is 0 Å². The summed E-state index contributed by atoms with van der Waals surface area (Å²) >= 11 is 1.89. The van der Waals surface area contributed by atoms with Gasteiger partial charge in [-0.25, -0.2) is 0 Å². The zero-order valence-electron chi connectivity index (χ0n) is 17.2. The summed E-state index contributed by atoms with van der Waals surface area (Å²) in [5.74, 6) is 1.98. The molecule has 2 rings (SSSR count). The summed E-state index contributed by atoms with van der Waals surface area (Å²) in [7, 11) is 2.00. The van der Waals surface area contributed by atoms with Gasteiger partial charge in [0.25, 0.3) is 0 Å². The minimum absolute atomic E-state index is 0.295. The molecule has 0 aliphatic rings. The van der Waals surface area contributed by atoms with Crippen LogP contribution in [0.15, 0.2) is 40.2 Å². The molecule has 0 spiro atoms. The fourth-order valence-electron chi connectivity index (χ4n) is 2.99. The molecule has 0 radical (unpaired) electrons. The maximum absolute atomic E-state index is 4.74. The first kappa shape index (κ1) is 21.4. The van der Waals surface area contributed by atoms with E-state index in [4.69, 9.17) is 4.99 Å². The van der Waals surface area contributed by atoms with Gasteiger partial charge in [-0.2, -0.15) is 5.10 Å². The van der Waals surface area contributed by atoms with Crippen molar-refractivity contribution in [3.8, 4) is 0 Å². The van der Waals surface area contributed by atoms with Crippen molar-refractivity contribution in [2.45, 2.75) is 51.5 Å². The van der Waals surface area contributed by atoms with Gasteiger partial charge in [0.15, 0.2) is 5.96 Å². The molecule has 1 atom stereocenters. The van der Waals surface area contributed by atoms with Crippen LogP contribution in [0.5, 0.6) is 0 Å². The van der Waals surface area contributed by atoms with Gasteiger partial charge in [0.05, 0.1) is 5.69 Å². The number of thioether (sulfide) groups is 1. The van der Waals surface area contributed by atoms with Crippen molar-refractivity contribution in [2.75, 3.05) is 18.8 Å². The number of benzene rings is 1. The summed E-state index contributed by atoms with van der Waals surface area (Å²) in [5.41, 5.74) is 3.68. The molecule has 0 fully saturated rings. The van der Waals surface area contributed by atoms with Crippen LogP contribution in [-0.4, -0.2) is 40.6 Å². The number of nitrogens with zero attached hydrogens (tertiary/aromatic N) is 3.